The van der Waals surface area contributed by atoms with E-state index in [9.17, 15) is 4.39 Å². The molecule has 1 heterocycles. The highest BCUT2D eigenvalue weighted by Crippen LogP contribution is 2.22. The van der Waals surface area contributed by atoms with E-state index in [2.05, 4.69) is 35.4 Å². The van der Waals surface area contributed by atoms with Crippen molar-refractivity contribution >= 4 is 0 Å². The Hall–Kier alpha value is -1.81. The molecule has 112 valence electrons. The summed E-state index contributed by atoms with van der Waals surface area (Å²) in [6.07, 6.45) is 1.58. The van der Waals surface area contributed by atoms with Crippen molar-refractivity contribution in [1.82, 2.24) is 15.5 Å². The Morgan fingerprint density at radius 2 is 2.00 bits per heavy atom. The first-order chi connectivity index (χ1) is 10.1. The van der Waals surface area contributed by atoms with Crippen LogP contribution in [0.3, 0.4) is 0 Å². The van der Waals surface area contributed by atoms with Crippen LogP contribution in [-0.4, -0.2) is 16.7 Å². The van der Waals surface area contributed by atoms with Crippen molar-refractivity contribution in [3.8, 4) is 0 Å². The van der Waals surface area contributed by atoms with Crippen LogP contribution in [-0.2, 0) is 12.8 Å². The molecule has 1 atom stereocenters. The SMILES string of the molecule is CCNC(Cc1cccc(F)c1)c1cc(C)nnc1CC. The smallest absolute Gasteiger partial charge is 0.123 e. The molecular weight excluding hydrogens is 265 g/mol. The molecule has 2 rings (SSSR count). The molecule has 1 aromatic heterocycles. The van der Waals surface area contributed by atoms with Gasteiger partial charge in [0.25, 0.3) is 0 Å². The second-order valence-corrected chi connectivity index (χ2v) is 5.19. The van der Waals surface area contributed by atoms with Crippen molar-refractivity contribution in [3.63, 3.8) is 0 Å². The van der Waals surface area contributed by atoms with E-state index in [1.165, 1.54) is 6.07 Å². The van der Waals surface area contributed by atoms with Gasteiger partial charge in [-0.2, -0.15) is 10.2 Å². The fourth-order valence-corrected chi connectivity index (χ4v) is 2.55. The molecule has 0 aliphatic rings. The first-order valence-electron chi connectivity index (χ1n) is 7.45. The maximum absolute atomic E-state index is 13.4. The monoisotopic (exact) mass is 287 g/mol. The molecule has 0 aliphatic carbocycles. The average molecular weight is 287 g/mol. The average Bonchev–Trinajstić information content (AvgIpc) is 2.47. The fraction of sp³-hybridized carbons (Fsp3) is 0.412. The quantitative estimate of drug-likeness (QED) is 0.885. The Labute approximate surface area is 125 Å². The maximum Gasteiger partial charge on any atom is 0.123 e. The van der Waals surface area contributed by atoms with Gasteiger partial charge in [-0.15, -0.1) is 0 Å². The molecule has 1 aromatic carbocycles. The van der Waals surface area contributed by atoms with Gasteiger partial charge in [-0.05, 0) is 55.6 Å². The number of benzene rings is 1. The van der Waals surface area contributed by atoms with E-state index in [4.69, 9.17) is 0 Å². The Morgan fingerprint density at radius 1 is 1.19 bits per heavy atom. The second kappa shape index (κ2) is 7.27. The third kappa shape index (κ3) is 4.08. The highest BCUT2D eigenvalue weighted by Gasteiger charge is 2.16. The number of halogens is 1. The molecule has 1 unspecified atom stereocenters. The molecule has 0 spiro atoms. The third-order valence-electron chi connectivity index (χ3n) is 3.52. The summed E-state index contributed by atoms with van der Waals surface area (Å²) in [4.78, 5) is 0. The highest BCUT2D eigenvalue weighted by molar-refractivity contribution is 5.28. The summed E-state index contributed by atoms with van der Waals surface area (Å²) in [7, 11) is 0. The lowest BCUT2D eigenvalue weighted by atomic mass is 9.96. The van der Waals surface area contributed by atoms with Gasteiger partial charge in [0.05, 0.1) is 11.4 Å². The second-order valence-electron chi connectivity index (χ2n) is 5.19. The van der Waals surface area contributed by atoms with Crippen LogP contribution in [0.4, 0.5) is 4.39 Å². The zero-order valence-electron chi connectivity index (χ0n) is 12.9. The van der Waals surface area contributed by atoms with Crippen molar-refractivity contribution < 1.29 is 4.39 Å². The number of aromatic nitrogens is 2. The van der Waals surface area contributed by atoms with Gasteiger partial charge in [0.2, 0.25) is 0 Å². The van der Waals surface area contributed by atoms with E-state index in [0.29, 0.717) is 0 Å². The van der Waals surface area contributed by atoms with E-state index < -0.39 is 0 Å². The molecule has 1 N–H and O–H groups in total. The van der Waals surface area contributed by atoms with E-state index in [1.807, 2.05) is 13.0 Å². The van der Waals surface area contributed by atoms with Gasteiger partial charge < -0.3 is 5.32 Å². The van der Waals surface area contributed by atoms with E-state index >= 15 is 0 Å². The zero-order chi connectivity index (χ0) is 15.2. The van der Waals surface area contributed by atoms with Crippen molar-refractivity contribution in [2.75, 3.05) is 6.54 Å². The summed E-state index contributed by atoms with van der Waals surface area (Å²) in [5.74, 6) is -0.192. The molecule has 0 aliphatic heterocycles. The molecule has 2 aromatic rings. The maximum atomic E-state index is 13.4. The third-order valence-corrected chi connectivity index (χ3v) is 3.52. The predicted octanol–water partition coefficient (Wildman–Crippen LogP) is 3.38. The lowest BCUT2D eigenvalue weighted by molar-refractivity contribution is 0.537. The number of likely N-dealkylation sites (N-methyl/N-ethyl adjacent to an activating group) is 1. The number of rotatable bonds is 6. The normalized spacial score (nSPS) is 12.4. The first kappa shape index (κ1) is 15.6. The van der Waals surface area contributed by atoms with E-state index in [-0.39, 0.29) is 11.9 Å². The number of hydrogen-bond donors (Lipinski definition) is 1. The molecule has 0 amide bonds. The standard InChI is InChI=1S/C17H22FN3/c1-4-16-15(9-12(3)20-21-16)17(19-5-2)11-13-7-6-8-14(18)10-13/h6-10,17,19H,4-5,11H2,1-3H3. The summed E-state index contributed by atoms with van der Waals surface area (Å²) >= 11 is 0. The van der Waals surface area contributed by atoms with Crippen molar-refractivity contribution in [2.24, 2.45) is 0 Å². The van der Waals surface area contributed by atoms with Gasteiger partial charge in [0.15, 0.2) is 0 Å². The molecule has 0 saturated carbocycles. The Morgan fingerprint density at radius 3 is 2.67 bits per heavy atom. The summed E-state index contributed by atoms with van der Waals surface area (Å²) in [6.45, 7) is 6.95. The minimum Gasteiger partial charge on any atom is -0.310 e. The minimum atomic E-state index is -0.192. The summed E-state index contributed by atoms with van der Waals surface area (Å²) in [5, 5.41) is 11.9. The molecule has 4 heteroatoms. The summed E-state index contributed by atoms with van der Waals surface area (Å²) in [6, 6.07) is 8.99. The number of nitrogens with one attached hydrogen (secondary N) is 1. The molecule has 3 nitrogen and oxygen atoms in total. The number of aryl methyl sites for hydroxylation is 2. The minimum absolute atomic E-state index is 0.126. The van der Waals surface area contributed by atoms with Crippen LogP contribution in [0.2, 0.25) is 0 Å². The van der Waals surface area contributed by atoms with Gasteiger partial charge in [-0.1, -0.05) is 26.0 Å². The van der Waals surface area contributed by atoms with Gasteiger partial charge in [-0.3, -0.25) is 0 Å². The van der Waals surface area contributed by atoms with Gasteiger partial charge in [0, 0.05) is 6.04 Å². The highest BCUT2D eigenvalue weighted by atomic mass is 19.1. The molecular formula is C17H22FN3. The van der Waals surface area contributed by atoms with Crippen LogP contribution in [0.5, 0.6) is 0 Å². The van der Waals surface area contributed by atoms with Crippen LogP contribution in [0.25, 0.3) is 0 Å². The van der Waals surface area contributed by atoms with Crippen molar-refractivity contribution in [2.45, 2.75) is 39.7 Å². The Kier molecular flexibility index (Phi) is 5.39. The van der Waals surface area contributed by atoms with Gasteiger partial charge >= 0.3 is 0 Å². The van der Waals surface area contributed by atoms with E-state index in [0.717, 1.165) is 41.9 Å². The largest absolute Gasteiger partial charge is 0.310 e. The topological polar surface area (TPSA) is 37.8 Å². The van der Waals surface area contributed by atoms with Crippen LogP contribution >= 0.6 is 0 Å². The first-order valence-corrected chi connectivity index (χ1v) is 7.45. The van der Waals surface area contributed by atoms with Crippen LogP contribution < -0.4 is 5.32 Å². The Balaban J connectivity index is 2.32. The van der Waals surface area contributed by atoms with Gasteiger partial charge in [0.1, 0.15) is 5.82 Å². The summed E-state index contributed by atoms with van der Waals surface area (Å²) in [5.41, 5.74) is 4.06. The predicted molar refractivity (Wildman–Crippen MR) is 82.7 cm³/mol. The molecule has 0 bridgehead atoms. The van der Waals surface area contributed by atoms with Crippen molar-refractivity contribution in [3.05, 3.63) is 58.7 Å². The van der Waals surface area contributed by atoms with Crippen LogP contribution in [0, 0.1) is 12.7 Å². The molecule has 0 radical (unpaired) electrons. The van der Waals surface area contributed by atoms with Crippen LogP contribution in [0.15, 0.2) is 30.3 Å². The molecule has 0 saturated heterocycles. The molecule has 0 fully saturated rings. The van der Waals surface area contributed by atoms with E-state index in [1.54, 1.807) is 12.1 Å². The van der Waals surface area contributed by atoms with Gasteiger partial charge in [-0.25, -0.2) is 4.39 Å². The molecule has 21 heavy (non-hydrogen) atoms. The lowest BCUT2D eigenvalue weighted by Gasteiger charge is -2.21. The number of nitrogens with zero attached hydrogens (tertiary/aromatic N) is 2. The summed E-state index contributed by atoms with van der Waals surface area (Å²) < 4.78 is 13.4. The van der Waals surface area contributed by atoms with Crippen molar-refractivity contribution in [1.29, 1.82) is 0 Å². The lowest BCUT2D eigenvalue weighted by Crippen LogP contribution is -2.25. The number of hydrogen-bond acceptors (Lipinski definition) is 3. The van der Waals surface area contributed by atoms with Crippen LogP contribution in [0.1, 0.15) is 42.4 Å². The zero-order valence-corrected chi connectivity index (χ0v) is 12.9. The Bertz CT molecular complexity index is 598. The fourth-order valence-electron chi connectivity index (χ4n) is 2.55.